The fraction of sp³-hybridized carbons (Fsp3) is 0.176. The maximum atomic E-state index is 12.2. The second kappa shape index (κ2) is 5.89. The number of anilines is 2. The number of urea groups is 1. The molecule has 0 aliphatic carbocycles. The molecule has 3 rings (SSSR count). The Labute approximate surface area is 128 Å². The van der Waals surface area contributed by atoms with E-state index in [1.54, 1.807) is 6.20 Å². The highest BCUT2D eigenvalue weighted by Gasteiger charge is 2.10. The SMILES string of the molecule is CCn1ncc(NC(=O)Nc2cccc3ccccc23)c1C. The van der Waals surface area contributed by atoms with Gasteiger partial charge in [0.05, 0.1) is 23.3 Å². The van der Waals surface area contributed by atoms with E-state index >= 15 is 0 Å². The molecule has 0 atom stereocenters. The van der Waals surface area contributed by atoms with E-state index in [0.29, 0.717) is 0 Å². The summed E-state index contributed by atoms with van der Waals surface area (Å²) in [5.41, 5.74) is 2.45. The summed E-state index contributed by atoms with van der Waals surface area (Å²) in [5.74, 6) is 0. The van der Waals surface area contributed by atoms with Crippen LogP contribution in [0, 0.1) is 6.92 Å². The molecule has 2 N–H and O–H groups in total. The zero-order valence-corrected chi connectivity index (χ0v) is 12.6. The molecule has 0 spiro atoms. The van der Waals surface area contributed by atoms with Crippen molar-refractivity contribution in [3.63, 3.8) is 0 Å². The standard InChI is InChI=1S/C17H18N4O/c1-3-21-12(2)16(11-18-21)20-17(22)19-15-10-6-8-13-7-4-5-9-14(13)15/h4-11H,3H2,1-2H3,(H2,19,20,22). The summed E-state index contributed by atoms with van der Waals surface area (Å²) in [4.78, 5) is 12.2. The summed E-state index contributed by atoms with van der Waals surface area (Å²) in [6.07, 6.45) is 1.67. The minimum Gasteiger partial charge on any atom is -0.307 e. The van der Waals surface area contributed by atoms with Gasteiger partial charge < -0.3 is 10.6 Å². The number of amides is 2. The lowest BCUT2D eigenvalue weighted by molar-refractivity contribution is 0.262. The van der Waals surface area contributed by atoms with Crippen LogP contribution in [0.3, 0.4) is 0 Å². The number of carbonyl (C=O) groups is 1. The van der Waals surface area contributed by atoms with Crippen molar-refractivity contribution < 1.29 is 4.79 Å². The number of hydrogen-bond acceptors (Lipinski definition) is 2. The summed E-state index contributed by atoms with van der Waals surface area (Å²) in [5, 5.41) is 12.1. The van der Waals surface area contributed by atoms with Crippen molar-refractivity contribution in [1.29, 1.82) is 0 Å². The Kier molecular flexibility index (Phi) is 3.78. The lowest BCUT2D eigenvalue weighted by Gasteiger charge is -2.10. The second-order valence-corrected chi connectivity index (χ2v) is 5.07. The minimum atomic E-state index is -0.268. The number of carbonyl (C=O) groups excluding carboxylic acids is 1. The van der Waals surface area contributed by atoms with Crippen LogP contribution < -0.4 is 10.6 Å². The van der Waals surface area contributed by atoms with E-state index in [1.165, 1.54) is 0 Å². The maximum Gasteiger partial charge on any atom is 0.323 e. The second-order valence-electron chi connectivity index (χ2n) is 5.07. The number of fused-ring (bicyclic) bond motifs is 1. The van der Waals surface area contributed by atoms with Crippen LogP contribution in [0.25, 0.3) is 10.8 Å². The minimum absolute atomic E-state index is 0.268. The van der Waals surface area contributed by atoms with Crippen molar-refractivity contribution in [2.24, 2.45) is 0 Å². The van der Waals surface area contributed by atoms with E-state index in [9.17, 15) is 4.79 Å². The Morgan fingerprint density at radius 2 is 1.82 bits per heavy atom. The van der Waals surface area contributed by atoms with E-state index in [0.717, 1.165) is 34.4 Å². The molecule has 0 radical (unpaired) electrons. The summed E-state index contributed by atoms with van der Waals surface area (Å²) >= 11 is 0. The van der Waals surface area contributed by atoms with Gasteiger partial charge in [-0.3, -0.25) is 4.68 Å². The van der Waals surface area contributed by atoms with Crippen molar-refractivity contribution in [2.45, 2.75) is 20.4 Å². The molecule has 22 heavy (non-hydrogen) atoms. The van der Waals surface area contributed by atoms with Gasteiger partial charge in [0.2, 0.25) is 0 Å². The zero-order chi connectivity index (χ0) is 15.5. The van der Waals surface area contributed by atoms with Crippen molar-refractivity contribution in [2.75, 3.05) is 10.6 Å². The molecule has 2 aromatic carbocycles. The Morgan fingerprint density at radius 3 is 2.59 bits per heavy atom. The number of benzene rings is 2. The molecule has 2 amide bonds. The van der Waals surface area contributed by atoms with Gasteiger partial charge in [0.25, 0.3) is 0 Å². The van der Waals surface area contributed by atoms with E-state index < -0.39 is 0 Å². The predicted molar refractivity (Wildman–Crippen MR) is 89.2 cm³/mol. The first-order valence-corrected chi connectivity index (χ1v) is 7.27. The van der Waals surface area contributed by atoms with Gasteiger partial charge in [0, 0.05) is 11.9 Å². The van der Waals surface area contributed by atoms with Gasteiger partial charge in [-0.25, -0.2) is 4.79 Å². The topological polar surface area (TPSA) is 59.0 Å². The van der Waals surface area contributed by atoms with Gasteiger partial charge in [0.15, 0.2) is 0 Å². The van der Waals surface area contributed by atoms with Crippen LogP contribution in [0.1, 0.15) is 12.6 Å². The summed E-state index contributed by atoms with van der Waals surface area (Å²) in [6.45, 7) is 4.72. The lowest BCUT2D eigenvalue weighted by atomic mass is 10.1. The Balaban J connectivity index is 1.80. The maximum absolute atomic E-state index is 12.2. The van der Waals surface area contributed by atoms with Gasteiger partial charge in [-0.2, -0.15) is 5.10 Å². The summed E-state index contributed by atoms with van der Waals surface area (Å²) in [7, 11) is 0. The number of nitrogens with zero attached hydrogens (tertiary/aromatic N) is 2. The fourth-order valence-electron chi connectivity index (χ4n) is 2.50. The van der Waals surface area contributed by atoms with Crippen molar-refractivity contribution in [3.8, 4) is 0 Å². The highest BCUT2D eigenvalue weighted by molar-refractivity contribution is 6.06. The van der Waals surface area contributed by atoms with Gasteiger partial charge in [-0.15, -0.1) is 0 Å². The van der Waals surface area contributed by atoms with Crippen LogP contribution in [-0.4, -0.2) is 15.8 Å². The first kappa shape index (κ1) is 14.1. The molecule has 5 nitrogen and oxygen atoms in total. The van der Waals surface area contributed by atoms with Crippen LogP contribution in [-0.2, 0) is 6.54 Å². The third-order valence-electron chi connectivity index (χ3n) is 3.69. The molecule has 0 saturated carbocycles. The number of rotatable bonds is 3. The average Bonchev–Trinajstić information content (AvgIpc) is 2.88. The normalized spacial score (nSPS) is 10.6. The Morgan fingerprint density at radius 1 is 1.09 bits per heavy atom. The Bertz CT molecular complexity index is 817. The first-order chi connectivity index (χ1) is 10.7. The summed E-state index contributed by atoms with van der Waals surface area (Å²) in [6, 6.07) is 13.5. The van der Waals surface area contributed by atoms with E-state index in [2.05, 4.69) is 15.7 Å². The third-order valence-corrected chi connectivity index (χ3v) is 3.69. The molecule has 0 saturated heterocycles. The average molecular weight is 294 g/mol. The molecule has 1 heterocycles. The molecule has 0 aliphatic heterocycles. The van der Waals surface area contributed by atoms with Crippen LogP contribution in [0.5, 0.6) is 0 Å². The van der Waals surface area contributed by atoms with Crippen LogP contribution >= 0.6 is 0 Å². The van der Waals surface area contributed by atoms with Crippen molar-refractivity contribution in [1.82, 2.24) is 9.78 Å². The van der Waals surface area contributed by atoms with Crippen molar-refractivity contribution in [3.05, 3.63) is 54.4 Å². The molecular formula is C17H18N4O. The van der Waals surface area contributed by atoms with Gasteiger partial charge in [-0.05, 0) is 25.3 Å². The highest BCUT2D eigenvalue weighted by Crippen LogP contribution is 2.23. The van der Waals surface area contributed by atoms with Crippen LogP contribution in [0.2, 0.25) is 0 Å². The quantitative estimate of drug-likeness (QED) is 0.766. The van der Waals surface area contributed by atoms with E-state index in [4.69, 9.17) is 0 Å². The number of hydrogen-bond donors (Lipinski definition) is 2. The van der Waals surface area contributed by atoms with Gasteiger partial charge in [0.1, 0.15) is 0 Å². The Hall–Kier alpha value is -2.82. The third kappa shape index (κ3) is 2.65. The monoisotopic (exact) mass is 294 g/mol. The molecule has 0 unspecified atom stereocenters. The molecule has 0 bridgehead atoms. The number of aromatic nitrogens is 2. The molecule has 0 fully saturated rings. The number of aryl methyl sites for hydroxylation is 1. The van der Waals surface area contributed by atoms with E-state index in [-0.39, 0.29) is 6.03 Å². The molecule has 5 heteroatoms. The van der Waals surface area contributed by atoms with Gasteiger partial charge >= 0.3 is 6.03 Å². The van der Waals surface area contributed by atoms with Crippen LogP contribution in [0.4, 0.5) is 16.2 Å². The van der Waals surface area contributed by atoms with Crippen molar-refractivity contribution >= 4 is 28.2 Å². The first-order valence-electron chi connectivity index (χ1n) is 7.27. The molecule has 3 aromatic rings. The fourth-order valence-corrected chi connectivity index (χ4v) is 2.50. The van der Waals surface area contributed by atoms with E-state index in [1.807, 2.05) is 61.0 Å². The smallest absolute Gasteiger partial charge is 0.307 e. The van der Waals surface area contributed by atoms with Crippen LogP contribution in [0.15, 0.2) is 48.7 Å². The summed E-state index contributed by atoms with van der Waals surface area (Å²) < 4.78 is 1.84. The zero-order valence-electron chi connectivity index (χ0n) is 12.6. The van der Waals surface area contributed by atoms with Gasteiger partial charge in [-0.1, -0.05) is 36.4 Å². The predicted octanol–water partition coefficient (Wildman–Crippen LogP) is 4.01. The largest absolute Gasteiger partial charge is 0.323 e. The molecule has 0 aliphatic rings. The molecule has 112 valence electrons. The number of nitrogens with one attached hydrogen (secondary N) is 2. The molecular weight excluding hydrogens is 276 g/mol. The highest BCUT2D eigenvalue weighted by atomic mass is 16.2. The lowest BCUT2D eigenvalue weighted by Crippen LogP contribution is -2.20. The molecule has 1 aromatic heterocycles.